The van der Waals surface area contributed by atoms with Gasteiger partial charge in [0.05, 0.1) is 24.3 Å². The summed E-state index contributed by atoms with van der Waals surface area (Å²) in [5.41, 5.74) is -0.453. The molecule has 0 unspecified atom stereocenters. The highest BCUT2D eigenvalue weighted by Crippen LogP contribution is 2.31. The van der Waals surface area contributed by atoms with Gasteiger partial charge >= 0.3 is 6.18 Å². The van der Waals surface area contributed by atoms with Gasteiger partial charge in [0.15, 0.2) is 0 Å². The second kappa shape index (κ2) is 6.52. The number of aromatic nitrogens is 2. The Morgan fingerprint density at radius 3 is 2.58 bits per heavy atom. The Kier molecular flexibility index (Phi) is 4.60. The number of benzene rings is 1. The Labute approximate surface area is 137 Å². The lowest BCUT2D eigenvalue weighted by Gasteiger charge is -2.34. The first-order chi connectivity index (χ1) is 11.3. The minimum atomic E-state index is -4.40. The molecule has 0 N–H and O–H groups in total. The smallest absolute Gasteiger partial charge is 0.373 e. The van der Waals surface area contributed by atoms with Crippen molar-refractivity contribution in [2.24, 2.45) is 0 Å². The van der Waals surface area contributed by atoms with Crippen LogP contribution in [0.1, 0.15) is 25.3 Å². The molecule has 1 aromatic carbocycles. The predicted molar refractivity (Wildman–Crippen MR) is 80.0 cm³/mol. The van der Waals surface area contributed by atoms with E-state index in [1.807, 2.05) is 13.8 Å². The molecule has 0 bridgehead atoms. The van der Waals surface area contributed by atoms with E-state index >= 15 is 0 Å². The van der Waals surface area contributed by atoms with Gasteiger partial charge in [-0.25, -0.2) is 0 Å². The van der Waals surface area contributed by atoms with Crippen molar-refractivity contribution >= 4 is 0 Å². The monoisotopic (exact) mass is 341 g/mol. The van der Waals surface area contributed by atoms with Crippen molar-refractivity contribution in [2.75, 3.05) is 13.1 Å². The van der Waals surface area contributed by atoms with Crippen LogP contribution in [0.2, 0.25) is 0 Å². The predicted octanol–water partition coefficient (Wildman–Crippen LogP) is 3.36. The van der Waals surface area contributed by atoms with Gasteiger partial charge < -0.3 is 9.26 Å². The lowest BCUT2D eigenvalue weighted by molar-refractivity contribution is -0.137. The Bertz CT molecular complexity index is 692. The van der Waals surface area contributed by atoms with E-state index in [4.69, 9.17) is 9.26 Å². The summed E-state index contributed by atoms with van der Waals surface area (Å²) in [6, 6.07) is 4.90. The van der Waals surface area contributed by atoms with Gasteiger partial charge in [0.2, 0.25) is 11.7 Å². The van der Waals surface area contributed by atoms with Gasteiger partial charge in [-0.3, -0.25) is 4.90 Å². The Morgan fingerprint density at radius 1 is 1.21 bits per heavy atom. The van der Waals surface area contributed by atoms with Crippen molar-refractivity contribution in [3.8, 4) is 11.4 Å². The fourth-order valence-electron chi connectivity index (χ4n) is 2.88. The normalized spacial score (nSPS) is 22.7. The molecule has 5 nitrogen and oxygen atoms in total. The zero-order valence-electron chi connectivity index (χ0n) is 13.4. The fourth-order valence-corrected chi connectivity index (χ4v) is 2.88. The number of alkyl halides is 3. The minimum Gasteiger partial charge on any atom is -0.373 e. The summed E-state index contributed by atoms with van der Waals surface area (Å²) in [5, 5.41) is 3.80. The highest BCUT2D eigenvalue weighted by atomic mass is 19.4. The Morgan fingerprint density at radius 2 is 1.92 bits per heavy atom. The third-order valence-corrected chi connectivity index (χ3v) is 3.77. The fraction of sp³-hybridized carbons (Fsp3) is 0.500. The van der Waals surface area contributed by atoms with Crippen molar-refractivity contribution in [3.63, 3.8) is 0 Å². The third-order valence-electron chi connectivity index (χ3n) is 3.77. The highest BCUT2D eigenvalue weighted by molar-refractivity contribution is 5.55. The van der Waals surface area contributed by atoms with Crippen LogP contribution in [0.15, 0.2) is 28.8 Å². The Balaban J connectivity index is 1.74. The summed E-state index contributed by atoms with van der Waals surface area (Å²) < 4.78 is 49.2. The van der Waals surface area contributed by atoms with Crippen LogP contribution >= 0.6 is 0 Å². The lowest BCUT2D eigenvalue weighted by Crippen LogP contribution is -2.44. The summed E-state index contributed by atoms with van der Waals surface area (Å²) in [7, 11) is 0. The van der Waals surface area contributed by atoms with Crippen molar-refractivity contribution < 1.29 is 22.4 Å². The molecular formula is C16H18F3N3O2. The first-order valence-electron chi connectivity index (χ1n) is 7.69. The molecule has 24 heavy (non-hydrogen) atoms. The van der Waals surface area contributed by atoms with Crippen LogP contribution in [0.3, 0.4) is 0 Å². The summed E-state index contributed by atoms with van der Waals surface area (Å²) in [4.78, 5) is 6.35. The van der Waals surface area contributed by atoms with Crippen LogP contribution in [0.25, 0.3) is 11.4 Å². The molecule has 1 aliphatic rings. The lowest BCUT2D eigenvalue weighted by atomic mass is 10.1. The average Bonchev–Trinajstić information content (AvgIpc) is 2.94. The van der Waals surface area contributed by atoms with Gasteiger partial charge in [0.25, 0.3) is 0 Å². The summed E-state index contributed by atoms with van der Waals surface area (Å²) in [5.74, 6) is 0.536. The maximum Gasteiger partial charge on any atom is 0.416 e. The van der Waals surface area contributed by atoms with Crippen LogP contribution in [0.4, 0.5) is 13.2 Å². The van der Waals surface area contributed by atoms with Crippen LogP contribution in [0.5, 0.6) is 0 Å². The molecule has 0 spiro atoms. The van der Waals surface area contributed by atoms with E-state index in [2.05, 4.69) is 15.0 Å². The Hall–Kier alpha value is -1.93. The minimum absolute atomic E-state index is 0.111. The molecule has 130 valence electrons. The third kappa shape index (κ3) is 3.93. The number of nitrogens with zero attached hydrogens (tertiary/aromatic N) is 3. The van der Waals surface area contributed by atoms with Gasteiger partial charge in [-0.15, -0.1) is 0 Å². The molecule has 0 radical (unpaired) electrons. The van der Waals surface area contributed by atoms with E-state index in [-0.39, 0.29) is 23.6 Å². The molecule has 0 saturated carbocycles. The molecule has 2 aromatic rings. The maximum atomic E-state index is 12.8. The van der Waals surface area contributed by atoms with Crippen LogP contribution in [-0.2, 0) is 17.5 Å². The molecule has 2 heterocycles. The van der Waals surface area contributed by atoms with Gasteiger partial charge in [0, 0.05) is 18.7 Å². The SMILES string of the molecule is C[C@H]1CN(Cc2nc(-c3cccc(C(F)(F)F)c3)no2)C[C@H](C)O1. The molecule has 1 aliphatic heterocycles. The standard InChI is InChI=1S/C16H18F3N3O2/c1-10-7-22(8-11(2)23-10)9-14-20-15(21-24-14)12-4-3-5-13(6-12)16(17,18)19/h3-6,10-11H,7-9H2,1-2H3/t10-,11-/m0/s1. The van der Waals surface area contributed by atoms with Gasteiger partial charge in [0.1, 0.15) is 0 Å². The second-order valence-electron chi connectivity index (χ2n) is 6.04. The number of halogens is 3. The van der Waals surface area contributed by atoms with Crippen LogP contribution in [0, 0.1) is 0 Å². The van der Waals surface area contributed by atoms with Gasteiger partial charge in [-0.05, 0) is 26.0 Å². The average molecular weight is 341 g/mol. The second-order valence-corrected chi connectivity index (χ2v) is 6.04. The summed E-state index contributed by atoms with van der Waals surface area (Å²) in [6.07, 6.45) is -4.18. The number of hydrogen-bond donors (Lipinski definition) is 0. The zero-order valence-corrected chi connectivity index (χ0v) is 13.4. The molecule has 0 aliphatic carbocycles. The van der Waals surface area contributed by atoms with Crippen molar-refractivity contribution in [2.45, 2.75) is 38.8 Å². The number of rotatable bonds is 3. The topological polar surface area (TPSA) is 51.4 Å². The van der Waals surface area contributed by atoms with E-state index in [9.17, 15) is 13.2 Å². The molecule has 0 amide bonds. The van der Waals surface area contributed by atoms with Gasteiger partial charge in [-0.1, -0.05) is 17.3 Å². The van der Waals surface area contributed by atoms with Crippen molar-refractivity contribution in [1.29, 1.82) is 0 Å². The molecule has 1 fully saturated rings. The molecule has 2 atom stereocenters. The number of ether oxygens (including phenoxy) is 1. The van der Waals surface area contributed by atoms with Gasteiger partial charge in [-0.2, -0.15) is 18.2 Å². The molecule has 3 rings (SSSR count). The molecule has 8 heteroatoms. The maximum absolute atomic E-state index is 12.8. The molecular weight excluding hydrogens is 323 g/mol. The van der Waals surface area contributed by atoms with E-state index in [0.29, 0.717) is 12.4 Å². The van der Waals surface area contributed by atoms with E-state index in [1.165, 1.54) is 12.1 Å². The molecule has 1 aromatic heterocycles. The van der Waals surface area contributed by atoms with E-state index in [0.717, 1.165) is 25.2 Å². The number of morpholine rings is 1. The van der Waals surface area contributed by atoms with E-state index < -0.39 is 11.7 Å². The molecule has 1 saturated heterocycles. The summed E-state index contributed by atoms with van der Waals surface area (Å²) >= 11 is 0. The first kappa shape index (κ1) is 16.9. The van der Waals surface area contributed by atoms with Crippen LogP contribution < -0.4 is 0 Å². The summed E-state index contributed by atoms with van der Waals surface area (Å²) in [6.45, 7) is 5.91. The number of hydrogen-bond acceptors (Lipinski definition) is 5. The van der Waals surface area contributed by atoms with Crippen molar-refractivity contribution in [3.05, 3.63) is 35.7 Å². The van der Waals surface area contributed by atoms with E-state index in [1.54, 1.807) is 0 Å². The zero-order chi connectivity index (χ0) is 17.3. The first-order valence-corrected chi connectivity index (χ1v) is 7.69. The largest absolute Gasteiger partial charge is 0.416 e. The quantitative estimate of drug-likeness (QED) is 0.857. The van der Waals surface area contributed by atoms with Crippen LogP contribution in [-0.4, -0.2) is 40.3 Å². The van der Waals surface area contributed by atoms with Crippen molar-refractivity contribution in [1.82, 2.24) is 15.0 Å². The highest BCUT2D eigenvalue weighted by Gasteiger charge is 2.31.